The molecule has 0 fully saturated rings. The van der Waals surface area contributed by atoms with Crippen LogP contribution in [0.5, 0.6) is 5.75 Å². The summed E-state index contributed by atoms with van der Waals surface area (Å²) in [5, 5.41) is 5.82. The topological polar surface area (TPSA) is 70.7 Å². The van der Waals surface area contributed by atoms with Crippen LogP contribution >= 0.6 is 12.2 Å². The monoisotopic (exact) mass is 441 g/mol. The van der Waals surface area contributed by atoms with Gasteiger partial charge in [0.25, 0.3) is 11.8 Å². The molecule has 0 heterocycles. The number of carbonyl (C=O) groups is 2. The molecule has 2 aromatic carbocycles. The molecule has 0 aliphatic heterocycles. The van der Waals surface area contributed by atoms with Gasteiger partial charge in [-0.25, -0.2) is 0 Å². The van der Waals surface area contributed by atoms with E-state index in [0.29, 0.717) is 29.2 Å². The van der Waals surface area contributed by atoms with Gasteiger partial charge in [-0.05, 0) is 67.9 Å². The third-order valence-corrected chi connectivity index (χ3v) is 4.64. The van der Waals surface area contributed by atoms with Gasteiger partial charge in [0.15, 0.2) is 5.11 Å². The minimum Gasteiger partial charge on any atom is -0.494 e. The predicted octanol–water partition coefficient (Wildman–Crippen LogP) is 4.86. The van der Waals surface area contributed by atoms with Gasteiger partial charge in [0.2, 0.25) is 0 Å². The zero-order valence-corrected chi connectivity index (χ0v) is 19.3. The van der Waals surface area contributed by atoms with E-state index in [0.717, 1.165) is 32.4 Å². The first-order chi connectivity index (χ1) is 15.0. The highest BCUT2D eigenvalue weighted by atomic mass is 32.1. The number of thiocarbonyl (C=S) groups is 1. The summed E-state index contributed by atoms with van der Waals surface area (Å²) < 4.78 is 5.57. The average molecular weight is 442 g/mol. The highest BCUT2D eigenvalue weighted by molar-refractivity contribution is 7.80. The molecular weight excluding hydrogens is 410 g/mol. The largest absolute Gasteiger partial charge is 0.494 e. The Morgan fingerprint density at radius 2 is 1.61 bits per heavy atom. The molecule has 0 aliphatic rings. The molecule has 31 heavy (non-hydrogen) atoms. The van der Waals surface area contributed by atoms with Crippen molar-refractivity contribution in [1.82, 2.24) is 10.2 Å². The molecule has 6 nitrogen and oxygen atoms in total. The molecule has 0 unspecified atom stereocenters. The lowest BCUT2D eigenvalue weighted by Gasteiger charge is -2.21. The summed E-state index contributed by atoms with van der Waals surface area (Å²) in [6.07, 6.45) is 2.70. The number of carbonyl (C=O) groups excluding carboxylic acids is 2. The van der Waals surface area contributed by atoms with E-state index in [2.05, 4.69) is 24.5 Å². The van der Waals surface area contributed by atoms with Crippen molar-refractivity contribution in [2.45, 2.75) is 40.0 Å². The van der Waals surface area contributed by atoms with Gasteiger partial charge in [0.1, 0.15) is 5.75 Å². The molecule has 0 bridgehead atoms. The summed E-state index contributed by atoms with van der Waals surface area (Å²) in [5.41, 5.74) is 1.68. The van der Waals surface area contributed by atoms with Gasteiger partial charge in [-0.3, -0.25) is 14.9 Å². The van der Waals surface area contributed by atoms with Crippen molar-refractivity contribution in [3.8, 4) is 5.75 Å². The number of ether oxygens (including phenoxy) is 1. The maximum Gasteiger partial charge on any atom is 0.257 e. The molecule has 0 saturated carbocycles. The Balaban J connectivity index is 2.01. The molecule has 166 valence electrons. The Bertz CT molecular complexity index is 895. The van der Waals surface area contributed by atoms with Gasteiger partial charge in [-0.2, -0.15) is 0 Å². The van der Waals surface area contributed by atoms with Gasteiger partial charge in [-0.1, -0.05) is 32.9 Å². The second-order valence-electron chi connectivity index (χ2n) is 7.16. The van der Waals surface area contributed by atoms with E-state index >= 15 is 0 Å². The average Bonchev–Trinajstić information content (AvgIpc) is 2.77. The van der Waals surface area contributed by atoms with Crippen LogP contribution in [0.2, 0.25) is 0 Å². The lowest BCUT2D eigenvalue weighted by Crippen LogP contribution is -2.34. The number of rotatable bonds is 10. The van der Waals surface area contributed by atoms with Crippen LogP contribution in [0.4, 0.5) is 5.69 Å². The standard InChI is InChI=1S/C24H31N3O3S/c1-4-13-27(14-5-2)23(29)19-10-7-11-20(16-19)25-24(31)26-22(28)18-9-8-12-21(17-18)30-15-6-3/h7-12,16-17H,4-6,13-15H2,1-3H3,(H2,25,26,28,31). The second-order valence-corrected chi connectivity index (χ2v) is 7.57. The van der Waals surface area contributed by atoms with Crippen LogP contribution in [-0.2, 0) is 0 Å². The summed E-state index contributed by atoms with van der Waals surface area (Å²) >= 11 is 5.29. The Kier molecular flexibility index (Phi) is 9.97. The summed E-state index contributed by atoms with van der Waals surface area (Å²) in [4.78, 5) is 27.2. The lowest BCUT2D eigenvalue weighted by atomic mass is 10.1. The Morgan fingerprint density at radius 3 is 2.29 bits per heavy atom. The number of amides is 2. The molecule has 0 spiro atoms. The van der Waals surface area contributed by atoms with Crippen LogP contribution in [0.25, 0.3) is 0 Å². The lowest BCUT2D eigenvalue weighted by molar-refractivity contribution is 0.0755. The molecule has 2 rings (SSSR count). The fraction of sp³-hybridized carbons (Fsp3) is 0.375. The highest BCUT2D eigenvalue weighted by Gasteiger charge is 2.15. The van der Waals surface area contributed by atoms with E-state index in [1.165, 1.54) is 0 Å². The first-order valence-electron chi connectivity index (χ1n) is 10.7. The first kappa shape index (κ1) is 24.3. The molecule has 7 heteroatoms. The Morgan fingerprint density at radius 1 is 0.935 bits per heavy atom. The maximum absolute atomic E-state index is 12.8. The minimum atomic E-state index is -0.330. The van der Waals surface area contributed by atoms with Crippen LogP contribution in [0.1, 0.15) is 60.7 Å². The number of hydrogen-bond donors (Lipinski definition) is 2. The molecule has 0 aliphatic carbocycles. The fourth-order valence-corrected chi connectivity index (χ4v) is 3.26. The van der Waals surface area contributed by atoms with Crippen molar-refractivity contribution in [3.05, 3.63) is 59.7 Å². The summed E-state index contributed by atoms with van der Waals surface area (Å²) in [7, 11) is 0. The van der Waals surface area contributed by atoms with Crippen molar-refractivity contribution in [3.63, 3.8) is 0 Å². The van der Waals surface area contributed by atoms with Crippen LogP contribution in [0.15, 0.2) is 48.5 Å². The van der Waals surface area contributed by atoms with Crippen LogP contribution in [-0.4, -0.2) is 41.5 Å². The molecule has 2 N–H and O–H groups in total. The van der Waals surface area contributed by atoms with Crippen molar-refractivity contribution in [1.29, 1.82) is 0 Å². The Hall–Kier alpha value is -2.93. The SMILES string of the molecule is CCCOc1cccc(C(=O)NC(=S)Nc2cccc(C(=O)N(CCC)CCC)c2)c1. The molecule has 2 amide bonds. The Labute approximate surface area is 190 Å². The molecule has 0 atom stereocenters. The molecule has 0 aromatic heterocycles. The van der Waals surface area contributed by atoms with Gasteiger partial charge in [-0.15, -0.1) is 0 Å². The maximum atomic E-state index is 12.8. The third-order valence-electron chi connectivity index (χ3n) is 4.44. The van der Waals surface area contributed by atoms with E-state index in [1.807, 2.05) is 17.9 Å². The number of nitrogens with one attached hydrogen (secondary N) is 2. The highest BCUT2D eigenvalue weighted by Crippen LogP contribution is 2.15. The fourth-order valence-electron chi connectivity index (χ4n) is 3.05. The van der Waals surface area contributed by atoms with Gasteiger partial charge in [0, 0.05) is 29.9 Å². The summed E-state index contributed by atoms with van der Waals surface area (Å²) in [5.74, 6) is 0.304. The van der Waals surface area contributed by atoms with Gasteiger partial charge < -0.3 is 15.0 Å². The van der Waals surface area contributed by atoms with Crippen LogP contribution < -0.4 is 15.4 Å². The molecule has 0 radical (unpaired) electrons. The predicted molar refractivity (Wildman–Crippen MR) is 129 cm³/mol. The van der Waals surface area contributed by atoms with Gasteiger partial charge in [0.05, 0.1) is 6.61 Å². The third kappa shape index (κ3) is 7.68. The van der Waals surface area contributed by atoms with E-state index < -0.39 is 0 Å². The normalized spacial score (nSPS) is 10.3. The van der Waals surface area contributed by atoms with E-state index in [4.69, 9.17) is 17.0 Å². The minimum absolute atomic E-state index is 0.00815. The number of hydrogen-bond acceptors (Lipinski definition) is 4. The number of nitrogens with zero attached hydrogens (tertiary/aromatic N) is 1. The van der Waals surface area contributed by atoms with E-state index in [-0.39, 0.29) is 16.9 Å². The summed E-state index contributed by atoms with van der Waals surface area (Å²) in [6, 6.07) is 14.1. The smallest absolute Gasteiger partial charge is 0.257 e. The molecule has 0 saturated heterocycles. The van der Waals surface area contributed by atoms with Crippen molar-refractivity contribution >= 4 is 34.8 Å². The molecular formula is C24H31N3O3S. The van der Waals surface area contributed by atoms with Crippen molar-refractivity contribution in [2.24, 2.45) is 0 Å². The zero-order valence-electron chi connectivity index (χ0n) is 18.4. The quantitative estimate of drug-likeness (QED) is 0.515. The zero-order chi connectivity index (χ0) is 22.6. The van der Waals surface area contributed by atoms with Crippen LogP contribution in [0.3, 0.4) is 0 Å². The van der Waals surface area contributed by atoms with Gasteiger partial charge >= 0.3 is 0 Å². The number of benzene rings is 2. The molecule has 2 aromatic rings. The van der Waals surface area contributed by atoms with Crippen molar-refractivity contribution < 1.29 is 14.3 Å². The van der Waals surface area contributed by atoms with Crippen LogP contribution in [0, 0.1) is 0 Å². The number of anilines is 1. The second kappa shape index (κ2) is 12.7. The van der Waals surface area contributed by atoms with E-state index in [1.54, 1.807) is 42.5 Å². The van der Waals surface area contributed by atoms with E-state index in [9.17, 15) is 9.59 Å². The van der Waals surface area contributed by atoms with Crippen molar-refractivity contribution in [2.75, 3.05) is 25.0 Å². The summed E-state index contributed by atoms with van der Waals surface area (Å²) in [6.45, 7) is 8.17. The first-order valence-corrected chi connectivity index (χ1v) is 11.1.